The minimum atomic E-state index is -1.33. The molecule has 4 N–H and O–H groups in total. The second-order valence-corrected chi connectivity index (χ2v) is 9.68. The number of para-hydroxylation sites is 1. The Morgan fingerprint density at radius 2 is 1.67 bits per heavy atom. The van der Waals surface area contributed by atoms with Crippen LogP contribution >= 0.6 is 0 Å². The fourth-order valence-corrected chi connectivity index (χ4v) is 3.62. The molecule has 3 atom stereocenters. The van der Waals surface area contributed by atoms with E-state index in [1.165, 1.54) is 17.0 Å². The summed E-state index contributed by atoms with van der Waals surface area (Å²) in [6, 6.07) is 10.4. The Labute approximate surface area is 212 Å². The number of benzene rings is 2. The number of carbonyl (C=O) groups is 3. The van der Waals surface area contributed by atoms with Crippen LogP contribution in [0.5, 0.6) is 5.75 Å². The number of aryl methyl sites for hydroxylation is 1. The van der Waals surface area contributed by atoms with Gasteiger partial charge in [0.05, 0.1) is 6.61 Å². The number of hydrogen-bond acceptors (Lipinski definition) is 6. The van der Waals surface area contributed by atoms with E-state index in [4.69, 9.17) is 4.74 Å². The van der Waals surface area contributed by atoms with E-state index in [2.05, 4.69) is 10.6 Å². The van der Waals surface area contributed by atoms with E-state index in [9.17, 15) is 24.6 Å². The number of aliphatic hydroxyl groups excluding tert-OH is 1. The molecule has 2 rings (SSSR count). The van der Waals surface area contributed by atoms with Crippen molar-refractivity contribution in [1.29, 1.82) is 0 Å². The van der Waals surface area contributed by atoms with Crippen LogP contribution in [0.25, 0.3) is 0 Å². The fraction of sp³-hybridized carbons (Fsp3) is 0.444. The highest BCUT2D eigenvalue weighted by Gasteiger charge is 2.38. The van der Waals surface area contributed by atoms with E-state index in [-0.39, 0.29) is 5.75 Å². The van der Waals surface area contributed by atoms with Gasteiger partial charge in [-0.2, -0.15) is 0 Å². The monoisotopic (exact) mass is 499 g/mol. The highest BCUT2D eigenvalue weighted by Crippen LogP contribution is 2.29. The van der Waals surface area contributed by atoms with E-state index in [0.717, 1.165) is 5.56 Å². The van der Waals surface area contributed by atoms with Crippen LogP contribution in [-0.4, -0.2) is 57.3 Å². The molecule has 0 aromatic heterocycles. The molecule has 0 spiro atoms. The molecule has 2 aromatic carbocycles. The molecule has 9 nitrogen and oxygen atoms in total. The molecule has 3 unspecified atom stereocenters. The van der Waals surface area contributed by atoms with Crippen LogP contribution in [0.2, 0.25) is 0 Å². The summed E-state index contributed by atoms with van der Waals surface area (Å²) >= 11 is 0. The summed E-state index contributed by atoms with van der Waals surface area (Å²) in [5.41, 5.74) is 1.09. The molecule has 0 radical (unpaired) electrons. The Morgan fingerprint density at radius 1 is 1.06 bits per heavy atom. The first-order valence-electron chi connectivity index (χ1n) is 12.0. The number of alkyl carbamates (subject to hydrolysis) is 1. The number of anilines is 1. The molecular weight excluding hydrogens is 462 g/mol. The number of nitrogens with zero attached hydrogens (tertiary/aromatic N) is 1. The normalized spacial score (nSPS) is 13.8. The molecule has 0 saturated heterocycles. The molecule has 196 valence electrons. The highest BCUT2D eigenvalue weighted by atomic mass is 16.6. The van der Waals surface area contributed by atoms with Gasteiger partial charge < -0.3 is 30.5 Å². The minimum absolute atomic E-state index is 0.0121. The van der Waals surface area contributed by atoms with Gasteiger partial charge in [0.2, 0.25) is 5.91 Å². The number of amides is 3. The van der Waals surface area contributed by atoms with Gasteiger partial charge >= 0.3 is 6.09 Å². The van der Waals surface area contributed by atoms with Crippen molar-refractivity contribution in [3.63, 3.8) is 0 Å². The molecule has 0 saturated carbocycles. The van der Waals surface area contributed by atoms with Gasteiger partial charge in [-0.25, -0.2) is 4.79 Å². The fourth-order valence-electron chi connectivity index (χ4n) is 3.62. The smallest absolute Gasteiger partial charge is 0.408 e. The maximum Gasteiger partial charge on any atom is 0.408 e. The number of hydrogen-bond donors (Lipinski definition) is 4. The zero-order valence-corrected chi connectivity index (χ0v) is 21.7. The highest BCUT2D eigenvalue weighted by molar-refractivity contribution is 5.99. The van der Waals surface area contributed by atoms with Crippen molar-refractivity contribution in [3.8, 4) is 5.75 Å². The number of aliphatic hydroxyl groups is 1. The van der Waals surface area contributed by atoms with Crippen molar-refractivity contribution in [1.82, 2.24) is 10.2 Å². The predicted octanol–water partition coefficient (Wildman–Crippen LogP) is 3.89. The van der Waals surface area contributed by atoms with Crippen molar-refractivity contribution in [3.05, 3.63) is 59.7 Å². The third-order valence-corrected chi connectivity index (χ3v) is 5.63. The Morgan fingerprint density at radius 3 is 2.19 bits per heavy atom. The van der Waals surface area contributed by atoms with E-state index in [1.807, 2.05) is 26.0 Å². The number of ether oxygens (including phenoxy) is 1. The summed E-state index contributed by atoms with van der Waals surface area (Å²) < 4.78 is 5.25. The molecule has 0 heterocycles. The molecule has 0 aliphatic heterocycles. The Kier molecular flexibility index (Phi) is 9.86. The number of nitrogens with one attached hydrogen (secondary N) is 2. The first-order valence-corrected chi connectivity index (χ1v) is 12.0. The largest absolute Gasteiger partial charge is 0.508 e. The van der Waals surface area contributed by atoms with Gasteiger partial charge in [0.15, 0.2) is 0 Å². The lowest BCUT2D eigenvalue weighted by Crippen LogP contribution is -2.56. The van der Waals surface area contributed by atoms with Gasteiger partial charge in [-0.15, -0.1) is 0 Å². The van der Waals surface area contributed by atoms with Gasteiger partial charge in [-0.3, -0.25) is 9.59 Å². The summed E-state index contributed by atoms with van der Waals surface area (Å²) in [4.78, 5) is 41.2. The zero-order valence-electron chi connectivity index (χ0n) is 21.7. The summed E-state index contributed by atoms with van der Waals surface area (Å²) in [6.07, 6.45) is -0.354. The van der Waals surface area contributed by atoms with Crippen LogP contribution in [0.4, 0.5) is 10.5 Å². The van der Waals surface area contributed by atoms with Crippen molar-refractivity contribution < 1.29 is 29.3 Å². The molecule has 9 heteroatoms. The van der Waals surface area contributed by atoms with Gasteiger partial charge in [0, 0.05) is 11.7 Å². The van der Waals surface area contributed by atoms with Crippen LogP contribution in [0.3, 0.4) is 0 Å². The number of phenols is 1. The van der Waals surface area contributed by atoms with Gasteiger partial charge in [-0.05, 0) is 70.4 Å². The van der Waals surface area contributed by atoms with Gasteiger partial charge in [-0.1, -0.05) is 37.3 Å². The Balaban J connectivity index is 2.50. The summed E-state index contributed by atoms with van der Waals surface area (Å²) in [7, 11) is 0. The van der Waals surface area contributed by atoms with E-state index >= 15 is 0 Å². The first kappa shape index (κ1) is 28.6. The van der Waals surface area contributed by atoms with Crippen molar-refractivity contribution in [2.45, 2.75) is 71.7 Å². The maximum absolute atomic E-state index is 13.7. The van der Waals surface area contributed by atoms with Crippen LogP contribution in [0.1, 0.15) is 58.2 Å². The number of phenolic OH excluding ortho intramolecular Hbond substituents is 1. The van der Waals surface area contributed by atoms with Crippen molar-refractivity contribution in [2.75, 3.05) is 11.9 Å². The minimum Gasteiger partial charge on any atom is -0.508 e. The Hall–Kier alpha value is -3.59. The SMILES string of the molecule is CCC(C)N(C(=O)C(CO)NC(=O)OC(C)(C)C)C(C(=O)Nc1ccccc1C)c1ccc(O)cc1. The average Bonchev–Trinajstić information content (AvgIpc) is 2.81. The quantitative estimate of drug-likeness (QED) is 0.414. The van der Waals surface area contributed by atoms with Gasteiger partial charge in [0.25, 0.3) is 5.91 Å². The average molecular weight is 500 g/mol. The van der Waals surface area contributed by atoms with E-state index in [1.54, 1.807) is 52.0 Å². The molecule has 3 amide bonds. The number of carbonyl (C=O) groups excluding carboxylic acids is 3. The standard InChI is InChI=1S/C27H37N3O6/c1-7-18(3)30(25(34)22(16-31)29-26(35)36-27(4,5)6)23(19-12-14-20(32)15-13-19)24(33)28-21-11-9-8-10-17(21)2/h8-15,18,22-23,31-32H,7,16H2,1-6H3,(H,28,33)(H,29,35). The lowest BCUT2D eigenvalue weighted by atomic mass is 9.99. The van der Waals surface area contributed by atoms with Gasteiger partial charge in [0.1, 0.15) is 23.4 Å². The lowest BCUT2D eigenvalue weighted by molar-refractivity contribution is -0.144. The Bertz CT molecular complexity index is 1050. The summed E-state index contributed by atoms with van der Waals surface area (Å²) in [6.45, 7) is 9.88. The van der Waals surface area contributed by atoms with Crippen LogP contribution < -0.4 is 10.6 Å². The van der Waals surface area contributed by atoms with Crippen LogP contribution in [-0.2, 0) is 14.3 Å². The predicted molar refractivity (Wildman–Crippen MR) is 137 cm³/mol. The molecule has 0 bridgehead atoms. The van der Waals surface area contributed by atoms with Crippen LogP contribution in [0.15, 0.2) is 48.5 Å². The summed E-state index contributed by atoms with van der Waals surface area (Å²) in [5.74, 6) is -1.11. The van der Waals surface area contributed by atoms with E-state index < -0.39 is 48.2 Å². The molecule has 0 aliphatic rings. The second kappa shape index (κ2) is 12.4. The zero-order chi connectivity index (χ0) is 27.0. The second-order valence-electron chi connectivity index (χ2n) is 9.68. The summed E-state index contributed by atoms with van der Waals surface area (Å²) in [5, 5.41) is 25.1. The number of rotatable bonds is 9. The third kappa shape index (κ3) is 7.71. The van der Waals surface area contributed by atoms with Crippen molar-refractivity contribution in [2.24, 2.45) is 0 Å². The molecule has 36 heavy (non-hydrogen) atoms. The third-order valence-electron chi connectivity index (χ3n) is 5.63. The lowest BCUT2D eigenvalue weighted by Gasteiger charge is -2.38. The molecule has 2 aromatic rings. The maximum atomic E-state index is 13.7. The van der Waals surface area contributed by atoms with Crippen molar-refractivity contribution >= 4 is 23.6 Å². The molecule has 0 aliphatic carbocycles. The number of aromatic hydroxyl groups is 1. The van der Waals surface area contributed by atoms with E-state index in [0.29, 0.717) is 17.7 Å². The first-order chi connectivity index (χ1) is 16.9. The topological polar surface area (TPSA) is 128 Å². The molecule has 0 fully saturated rings. The molecular formula is C27H37N3O6. The van der Waals surface area contributed by atoms with Crippen LogP contribution in [0, 0.1) is 6.92 Å².